The molecule has 0 amide bonds. The van der Waals surface area contributed by atoms with E-state index < -0.39 is 10.2 Å². The number of hydrogen-bond acceptors (Lipinski definition) is 5. The van der Waals surface area contributed by atoms with Crippen molar-refractivity contribution in [1.29, 1.82) is 0 Å². The van der Waals surface area contributed by atoms with Crippen LogP contribution in [-0.2, 0) is 16.8 Å². The quantitative estimate of drug-likeness (QED) is 0.772. The van der Waals surface area contributed by atoms with Crippen LogP contribution < -0.4 is 13.8 Å². The third-order valence-electron chi connectivity index (χ3n) is 3.27. The SMILES string of the molecule is COc1ccc(N(Cc2ccco2)S(=O)(=O)N(C)C)cc1OC. The third kappa shape index (κ3) is 3.59. The van der Waals surface area contributed by atoms with E-state index in [2.05, 4.69) is 0 Å². The highest BCUT2D eigenvalue weighted by Crippen LogP contribution is 2.33. The number of rotatable bonds is 7. The van der Waals surface area contributed by atoms with Crippen molar-refractivity contribution < 1.29 is 22.3 Å². The van der Waals surface area contributed by atoms with Crippen LogP contribution in [0.5, 0.6) is 11.5 Å². The number of ether oxygens (including phenoxy) is 2. The van der Waals surface area contributed by atoms with E-state index in [1.165, 1.54) is 38.9 Å². The molecule has 0 spiro atoms. The van der Waals surface area contributed by atoms with Gasteiger partial charge in [-0.25, -0.2) is 4.31 Å². The summed E-state index contributed by atoms with van der Waals surface area (Å²) >= 11 is 0. The van der Waals surface area contributed by atoms with Crippen molar-refractivity contribution in [2.24, 2.45) is 0 Å². The minimum absolute atomic E-state index is 0.0724. The van der Waals surface area contributed by atoms with Gasteiger partial charge in [0.25, 0.3) is 0 Å². The minimum Gasteiger partial charge on any atom is -0.493 e. The van der Waals surface area contributed by atoms with Crippen LogP contribution in [0, 0.1) is 0 Å². The van der Waals surface area contributed by atoms with E-state index in [-0.39, 0.29) is 6.54 Å². The van der Waals surface area contributed by atoms with Crippen LogP contribution >= 0.6 is 0 Å². The lowest BCUT2D eigenvalue weighted by molar-refractivity contribution is 0.355. The van der Waals surface area contributed by atoms with Gasteiger partial charge in [-0.1, -0.05) is 0 Å². The molecule has 1 heterocycles. The van der Waals surface area contributed by atoms with Crippen molar-refractivity contribution in [3.05, 3.63) is 42.4 Å². The summed E-state index contributed by atoms with van der Waals surface area (Å²) in [4.78, 5) is 0. The van der Waals surface area contributed by atoms with Gasteiger partial charge in [0.1, 0.15) is 5.76 Å². The Morgan fingerprint density at radius 2 is 1.78 bits per heavy atom. The Hall–Kier alpha value is -2.19. The average Bonchev–Trinajstić information content (AvgIpc) is 3.04. The van der Waals surface area contributed by atoms with Crippen LogP contribution in [0.1, 0.15) is 5.76 Å². The van der Waals surface area contributed by atoms with E-state index in [0.717, 1.165) is 4.31 Å². The molecule has 23 heavy (non-hydrogen) atoms. The number of anilines is 1. The first-order valence-corrected chi connectivity index (χ1v) is 8.24. The van der Waals surface area contributed by atoms with E-state index in [4.69, 9.17) is 13.9 Å². The average molecular weight is 340 g/mol. The predicted molar refractivity (Wildman–Crippen MR) is 87.0 cm³/mol. The van der Waals surface area contributed by atoms with Crippen molar-refractivity contribution in [3.8, 4) is 11.5 Å². The summed E-state index contributed by atoms with van der Waals surface area (Å²) in [6, 6.07) is 8.37. The highest BCUT2D eigenvalue weighted by Gasteiger charge is 2.27. The molecule has 0 atom stereocenters. The topological polar surface area (TPSA) is 72.2 Å². The second-order valence-corrected chi connectivity index (χ2v) is 6.98. The van der Waals surface area contributed by atoms with Gasteiger partial charge in [0, 0.05) is 20.2 Å². The molecule has 0 bridgehead atoms. The number of benzene rings is 1. The van der Waals surface area contributed by atoms with Crippen LogP contribution in [0.25, 0.3) is 0 Å². The summed E-state index contributed by atoms with van der Waals surface area (Å²) in [5.74, 6) is 1.50. The third-order valence-corrected chi connectivity index (χ3v) is 5.09. The minimum atomic E-state index is -3.70. The molecular weight excluding hydrogens is 320 g/mol. The van der Waals surface area contributed by atoms with Crippen molar-refractivity contribution >= 4 is 15.9 Å². The molecule has 7 nitrogen and oxygen atoms in total. The molecule has 0 aliphatic heterocycles. The second-order valence-electron chi connectivity index (χ2n) is 4.92. The number of furan rings is 1. The van der Waals surface area contributed by atoms with E-state index in [9.17, 15) is 8.42 Å². The van der Waals surface area contributed by atoms with Gasteiger partial charge in [0.15, 0.2) is 11.5 Å². The number of nitrogens with zero attached hydrogens (tertiary/aromatic N) is 2. The lowest BCUT2D eigenvalue weighted by Crippen LogP contribution is -2.39. The summed E-state index contributed by atoms with van der Waals surface area (Å²) in [5, 5.41) is 0. The molecule has 8 heteroatoms. The summed E-state index contributed by atoms with van der Waals surface area (Å²) in [5.41, 5.74) is 0.452. The molecule has 0 aliphatic carbocycles. The largest absolute Gasteiger partial charge is 0.493 e. The molecule has 0 fully saturated rings. The number of hydrogen-bond donors (Lipinski definition) is 0. The maximum atomic E-state index is 12.6. The molecule has 2 aromatic rings. The smallest absolute Gasteiger partial charge is 0.303 e. The highest BCUT2D eigenvalue weighted by atomic mass is 32.2. The second kappa shape index (κ2) is 6.93. The Bertz CT molecular complexity index is 741. The van der Waals surface area contributed by atoms with E-state index in [1.807, 2.05) is 0 Å². The van der Waals surface area contributed by atoms with Crippen LogP contribution in [0.15, 0.2) is 41.0 Å². The molecule has 0 aliphatic rings. The Kier molecular flexibility index (Phi) is 5.17. The fraction of sp³-hybridized carbons (Fsp3) is 0.333. The maximum Gasteiger partial charge on any atom is 0.303 e. The van der Waals surface area contributed by atoms with Crippen molar-refractivity contribution in [2.75, 3.05) is 32.6 Å². The summed E-state index contributed by atoms with van der Waals surface area (Å²) in [6.07, 6.45) is 1.50. The molecule has 1 aromatic carbocycles. The van der Waals surface area contributed by atoms with Crippen LogP contribution in [0.2, 0.25) is 0 Å². The van der Waals surface area contributed by atoms with E-state index >= 15 is 0 Å². The van der Waals surface area contributed by atoms with Gasteiger partial charge >= 0.3 is 10.2 Å². The zero-order valence-electron chi connectivity index (χ0n) is 13.5. The lowest BCUT2D eigenvalue weighted by Gasteiger charge is -2.27. The fourth-order valence-corrected chi connectivity index (χ4v) is 3.09. The van der Waals surface area contributed by atoms with Crippen molar-refractivity contribution in [2.45, 2.75) is 6.54 Å². The van der Waals surface area contributed by atoms with E-state index in [0.29, 0.717) is 22.9 Å². The zero-order chi connectivity index (χ0) is 17.0. The summed E-state index contributed by atoms with van der Waals surface area (Å²) < 4.78 is 43.4. The standard InChI is InChI=1S/C15H20N2O5S/c1-16(2)23(18,19)17(11-13-6-5-9-22-13)12-7-8-14(20-3)15(10-12)21-4/h5-10H,11H2,1-4H3. The van der Waals surface area contributed by atoms with Gasteiger partial charge in [0.2, 0.25) is 0 Å². The Balaban J connectivity index is 2.49. The predicted octanol–water partition coefficient (Wildman–Crippen LogP) is 2.11. The van der Waals surface area contributed by atoms with Gasteiger partial charge in [-0.05, 0) is 24.3 Å². The molecule has 2 rings (SSSR count). The first-order chi connectivity index (χ1) is 10.9. The molecular formula is C15H20N2O5S. The summed E-state index contributed by atoms with van der Waals surface area (Å²) in [6.45, 7) is 0.0724. The van der Waals surface area contributed by atoms with Crippen LogP contribution in [0.4, 0.5) is 5.69 Å². The highest BCUT2D eigenvalue weighted by molar-refractivity contribution is 7.90. The zero-order valence-corrected chi connectivity index (χ0v) is 14.3. The maximum absolute atomic E-state index is 12.6. The Labute approximate surface area is 136 Å². The molecule has 1 aromatic heterocycles. The first kappa shape index (κ1) is 17.2. The Morgan fingerprint density at radius 3 is 2.30 bits per heavy atom. The number of methoxy groups -OCH3 is 2. The van der Waals surface area contributed by atoms with Gasteiger partial charge in [-0.15, -0.1) is 0 Å². The molecule has 0 saturated heterocycles. The van der Waals surface area contributed by atoms with E-state index in [1.54, 1.807) is 30.3 Å². The van der Waals surface area contributed by atoms with Gasteiger partial charge < -0.3 is 13.9 Å². The van der Waals surface area contributed by atoms with Gasteiger partial charge in [0.05, 0.1) is 32.7 Å². The summed E-state index contributed by atoms with van der Waals surface area (Å²) in [7, 11) is 2.27. The molecule has 0 N–H and O–H groups in total. The molecule has 126 valence electrons. The molecule has 0 radical (unpaired) electrons. The monoisotopic (exact) mass is 340 g/mol. The van der Waals surface area contributed by atoms with Crippen LogP contribution in [0.3, 0.4) is 0 Å². The van der Waals surface area contributed by atoms with Gasteiger partial charge in [-0.2, -0.15) is 12.7 Å². The van der Waals surface area contributed by atoms with Crippen molar-refractivity contribution in [1.82, 2.24) is 4.31 Å². The first-order valence-electron chi connectivity index (χ1n) is 6.84. The molecule has 0 unspecified atom stereocenters. The molecule has 0 saturated carbocycles. The van der Waals surface area contributed by atoms with Gasteiger partial charge in [-0.3, -0.25) is 0 Å². The fourth-order valence-electron chi connectivity index (χ4n) is 2.03. The lowest BCUT2D eigenvalue weighted by atomic mass is 10.2. The van der Waals surface area contributed by atoms with Crippen molar-refractivity contribution in [3.63, 3.8) is 0 Å². The Morgan fingerprint density at radius 1 is 1.09 bits per heavy atom. The normalized spacial score (nSPS) is 11.5. The van der Waals surface area contributed by atoms with Crippen LogP contribution in [-0.4, -0.2) is 41.0 Å².